The molecule has 0 radical (unpaired) electrons. The molecule has 7 heteroatoms. The number of urea groups is 1. The number of carbonyl (C=O) groups is 1. The van der Waals surface area contributed by atoms with Crippen molar-refractivity contribution in [2.75, 3.05) is 33.3 Å². The Kier molecular flexibility index (Phi) is 6.07. The van der Waals surface area contributed by atoms with Crippen molar-refractivity contribution in [1.29, 1.82) is 0 Å². The number of halogens is 2. The molecule has 164 valence electrons. The number of carbonyl (C=O) groups excluding carboxylic acids is 1. The van der Waals surface area contributed by atoms with Gasteiger partial charge in [0.2, 0.25) is 0 Å². The van der Waals surface area contributed by atoms with Gasteiger partial charge in [-0.15, -0.1) is 0 Å². The zero-order valence-corrected chi connectivity index (χ0v) is 17.5. The van der Waals surface area contributed by atoms with Crippen molar-refractivity contribution in [2.24, 2.45) is 0 Å². The molecule has 2 amide bonds. The highest BCUT2D eigenvalue weighted by atomic mass is 19.1. The zero-order valence-electron chi connectivity index (χ0n) is 17.5. The average Bonchev–Trinajstić information content (AvgIpc) is 3.21. The summed E-state index contributed by atoms with van der Waals surface area (Å²) in [7, 11) is 1.77. The predicted octanol–water partition coefficient (Wildman–Crippen LogP) is 3.36. The van der Waals surface area contributed by atoms with E-state index in [2.05, 4.69) is 5.32 Å². The van der Waals surface area contributed by atoms with Gasteiger partial charge in [0.1, 0.15) is 17.2 Å². The van der Waals surface area contributed by atoms with Gasteiger partial charge in [0.15, 0.2) is 0 Å². The third-order valence-electron chi connectivity index (χ3n) is 6.40. The van der Waals surface area contributed by atoms with Crippen LogP contribution in [0.15, 0.2) is 54.6 Å². The Balaban J connectivity index is 1.76. The number of nitrogens with zero attached hydrogens (tertiary/aromatic N) is 2. The molecule has 4 rings (SSSR count). The van der Waals surface area contributed by atoms with E-state index in [4.69, 9.17) is 0 Å². The third kappa shape index (κ3) is 3.95. The Labute approximate surface area is 181 Å². The topological polar surface area (TPSA) is 55.8 Å². The summed E-state index contributed by atoms with van der Waals surface area (Å²) in [6.45, 7) is 1.38. The molecule has 2 N–H and O–H groups in total. The van der Waals surface area contributed by atoms with Crippen molar-refractivity contribution in [3.8, 4) is 0 Å². The van der Waals surface area contributed by atoms with Gasteiger partial charge < -0.3 is 20.2 Å². The molecular weight excluding hydrogens is 400 g/mol. The Morgan fingerprint density at radius 3 is 2.58 bits per heavy atom. The summed E-state index contributed by atoms with van der Waals surface area (Å²) in [6.07, 6.45) is 3.38. The average molecular weight is 427 g/mol. The second-order valence-corrected chi connectivity index (χ2v) is 8.20. The van der Waals surface area contributed by atoms with Crippen molar-refractivity contribution in [2.45, 2.75) is 24.4 Å². The Bertz CT molecular complexity index is 976. The predicted molar refractivity (Wildman–Crippen MR) is 115 cm³/mol. The molecule has 0 aliphatic carbocycles. The van der Waals surface area contributed by atoms with E-state index in [1.54, 1.807) is 22.9 Å². The third-order valence-corrected chi connectivity index (χ3v) is 6.40. The molecule has 1 atom stereocenters. The first-order chi connectivity index (χ1) is 15.0. The maximum atomic E-state index is 14.6. The SMILES string of the molecule is CN(C(=O)N1CC(c2cc(F)ccc2F)=CC1(CO)c1ccccc1)C1CCNCC1. The van der Waals surface area contributed by atoms with Crippen molar-refractivity contribution in [1.82, 2.24) is 15.1 Å². The van der Waals surface area contributed by atoms with Gasteiger partial charge in [0.25, 0.3) is 0 Å². The number of hydrogen-bond donors (Lipinski definition) is 2. The molecule has 2 aromatic rings. The minimum Gasteiger partial charge on any atom is -0.393 e. The molecule has 0 bridgehead atoms. The molecule has 1 saturated heterocycles. The van der Waals surface area contributed by atoms with Crippen molar-refractivity contribution >= 4 is 11.6 Å². The first-order valence-electron chi connectivity index (χ1n) is 10.5. The number of nitrogens with one attached hydrogen (secondary N) is 1. The fraction of sp³-hybridized carbons (Fsp3) is 0.375. The summed E-state index contributed by atoms with van der Waals surface area (Å²) in [5.74, 6) is -1.11. The van der Waals surface area contributed by atoms with E-state index in [0.717, 1.165) is 49.7 Å². The van der Waals surface area contributed by atoms with Gasteiger partial charge in [0.05, 0.1) is 6.61 Å². The molecule has 2 heterocycles. The first-order valence-corrected chi connectivity index (χ1v) is 10.5. The van der Waals surface area contributed by atoms with E-state index in [1.165, 1.54) is 0 Å². The molecule has 5 nitrogen and oxygen atoms in total. The lowest BCUT2D eigenvalue weighted by Gasteiger charge is -2.41. The van der Waals surface area contributed by atoms with Crippen molar-refractivity contribution in [3.63, 3.8) is 0 Å². The van der Waals surface area contributed by atoms with E-state index >= 15 is 0 Å². The van der Waals surface area contributed by atoms with E-state index in [0.29, 0.717) is 5.57 Å². The van der Waals surface area contributed by atoms with Crippen LogP contribution in [0.3, 0.4) is 0 Å². The number of benzene rings is 2. The largest absolute Gasteiger partial charge is 0.393 e. The number of aliphatic hydroxyl groups is 1. The summed E-state index contributed by atoms with van der Waals surface area (Å²) in [4.78, 5) is 16.9. The molecule has 31 heavy (non-hydrogen) atoms. The minimum atomic E-state index is -1.16. The molecule has 1 unspecified atom stereocenters. The van der Waals surface area contributed by atoms with E-state index in [1.807, 2.05) is 30.3 Å². The maximum Gasteiger partial charge on any atom is 0.321 e. The van der Waals surface area contributed by atoms with Crippen LogP contribution in [0.5, 0.6) is 0 Å². The summed E-state index contributed by atoms with van der Waals surface area (Å²) < 4.78 is 28.5. The molecule has 0 saturated carbocycles. The zero-order chi connectivity index (χ0) is 22.0. The van der Waals surface area contributed by atoms with Gasteiger partial charge in [-0.3, -0.25) is 0 Å². The van der Waals surface area contributed by atoms with Crippen LogP contribution in [0, 0.1) is 11.6 Å². The van der Waals surface area contributed by atoms with Gasteiger partial charge >= 0.3 is 6.03 Å². The van der Waals surface area contributed by atoms with Gasteiger partial charge in [-0.25, -0.2) is 13.6 Å². The highest BCUT2D eigenvalue weighted by Crippen LogP contribution is 2.41. The minimum absolute atomic E-state index is 0.0734. The second-order valence-electron chi connectivity index (χ2n) is 8.20. The summed E-state index contributed by atoms with van der Waals surface area (Å²) in [5.41, 5.74) is 0.139. The smallest absolute Gasteiger partial charge is 0.321 e. The van der Waals surface area contributed by atoms with Gasteiger partial charge in [-0.05, 0) is 61.3 Å². The van der Waals surface area contributed by atoms with E-state index < -0.39 is 17.2 Å². The summed E-state index contributed by atoms with van der Waals surface area (Å²) >= 11 is 0. The van der Waals surface area contributed by atoms with Crippen LogP contribution in [0.4, 0.5) is 13.6 Å². The monoisotopic (exact) mass is 427 g/mol. The standard InChI is InChI=1S/C24H27F2N3O2/c1-28(20-9-11-27-12-10-20)23(31)29-15-17(21-13-19(25)7-8-22(21)26)14-24(29,16-30)18-5-3-2-4-6-18/h2-8,13-14,20,27,30H,9-12,15-16H2,1H3. The molecule has 1 fully saturated rings. The lowest BCUT2D eigenvalue weighted by molar-refractivity contribution is 0.0759. The normalized spacial score (nSPS) is 21.8. The Hall–Kier alpha value is -2.77. The van der Waals surface area contributed by atoms with E-state index in [-0.39, 0.29) is 30.8 Å². The Morgan fingerprint density at radius 2 is 1.90 bits per heavy atom. The number of rotatable bonds is 4. The van der Waals surface area contributed by atoms with Crippen LogP contribution in [-0.2, 0) is 5.54 Å². The molecular formula is C24H27F2N3O2. The van der Waals surface area contributed by atoms with Crippen LogP contribution >= 0.6 is 0 Å². The number of aliphatic hydroxyl groups excluding tert-OH is 1. The van der Waals surface area contributed by atoms with E-state index in [9.17, 15) is 18.7 Å². The molecule has 0 aromatic heterocycles. The van der Waals surface area contributed by atoms with Crippen molar-refractivity contribution in [3.05, 3.63) is 77.4 Å². The first kappa shape index (κ1) is 21.5. The van der Waals surface area contributed by atoms with Crippen LogP contribution < -0.4 is 5.32 Å². The van der Waals surface area contributed by atoms with Crippen LogP contribution in [0.2, 0.25) is 0 Å². The molecule has 2 aromatic carbocycles. The fourth-order valence-electron chi connectivity index (χ4n) is 4.60. The summed E-state index contributed by atoms with van der Waals surface area (Å²) in [6, 6.07) is 12.3. The number of piperidine rings is 1. The van der Waals surface area contributed by atoms with Crippen molar-refractivity contribution < 1.29 is 18.7 Å². The quantitative estimate of drug-likeness (QED) is 0.787. The highest BCUT2D eigenvalue weighted by Gasteiger charge is 2.46. The molecule has 2 aliphatic heterocycles. The number of hydrogen-bond acceptors (Lipinski definition) is 3. The van der Waals surface area contributed by atoms with Gasteiger partial charge in [-0.2, -0.15) is 0 Å². The van der Waals surface area contributed by atoms with Crippen LogP contribution in [0.25, 0.3) is 5.57 Å². The maximum absolute atomic E-state index is 14.6. The van der Waals surface area contributed by atoms with Gasteiger partial charge in [-0.1, -0.05) is 30.3 Å². The summed E-state index contributed by atoms with van der Waals surface area (Å²) in [5, 5.41) is 13.8. The molecule has 0 spiro atoms. The lowest BCUT2D eigenvalue weighted by Crippen LogP contribution is -2.55. The molecule has 2 aliphatic rings. The van der Waals surface area contributed by atoms with Crippen LogP contribution in [-0.4, -0.2) is 60.3 Å². The second kappa shape index (κ2) is 8.77. The van der Waals surface area contributed by atoms with Crippen LogP contribution in [0.1, 0.15) is 24.0 Å². The lowest BCUT2D eigenvalue weighted by atomic mass is 9.89. The van der Waals surface area contributed by atoms with Gasteiger partial charge in [0, 0.05) is 25.2 Å². The fourth-order valence-corrected chi connectivity index (χ4v) is 4.60. The number of amides is 2. The highest BCUT2D eigenvalue weighted by molar-refractivity contribution is 5.83. The Morgan fingerprint density at radius 1 is 1.19 bits per heavy atom.